The number of sulfonamides is 1. The van der Waals surface area contributed by atoms with Crippen molar-refractivity contribution in [1.29, 1.82) is 0 Å². The Labute approximate surface area is 127 Å². The van der Waals surface area contributed by atoms with E-state index >= 15 is 0 Å². The fourth-order valence-corrected chi connectivity index (χ4v) is 3.78. The summed E-state index contributed by atoms with van der Waals surface area (Å²) in [6.07, 6.45) is 2.16. The molecule has 1 aliphatic heterocycles. The second-order valence-electron chi connectivity index (χ2n) is 6.20. The van der Waals surface area contributed by atoms with Crippen molar-refractivity contribution >= 4 is 10.0 Å². The molecule has 0 aliphatic carbocycles. The van der Waals surface area contributed by atoms with Gasteiger partial charge in [0.2, 0.25) is 10.0 Å². The average Bonchev–Trinajstić information content (AvgIpc) is 2.36. The van der Waals surface area contributed by atoms with E-state index in [1.807, 2.05) is 26.0 Å². The van der Waals surface area contributed by atoms with Crippen LogP contribution in [0.2, 0.25) is 0 Å². The van der Waals surface area contributed by atoms with Crippen molar-refractivity contribution < 1.29 is 13.2 Å². The Kier molecular flexibility index (Phi) is 5.03. The number of nitrogens with one attached hydrogen (secondary N) is 2. The number of rotatable bonds is 6. The summed E-state index contributed by atoms with van der Waals surface area (Å²) < 4.78 is 31.1. The first-order chi connectivity index (χ1) is 9.77. The molecule has 118 valence electrons. The van der Waals surface area contributed by atoms with Gasteiger partial charge in [0.15, 0.2) is 0 Å². The molecule has 2 N–H and O–H groups in total. The van der Waals surface area contributed by atoms with Crippen LogP contribution in [0.1, 0.15) is 31.1 Å². The molecule has 1 aromatic carbocycles. The highest BCUT2D eigenvalue weighted by Crippen LogP contribution is 2.26. The molecule has 21 heavy (non-hydrogen) atoms. The third kappa shape index (κ3) is 5.07. The smallest absolute Gasteiger partial charge is 0.209 e. The fraction of sp³-hybridized carbons (Fsp3) is 0.600. The Hall–Kier alpha value is -0.950. The summed E-state index contributed by atoms with van der Waals surface area (Å²) in [6, 6.07) is 8.31. The Morgan fingerprint density at radius 3 is 2.76 bits per heavy atom. The zero-order chi connectivity index (χ0) is 15.5. The average molecular weight is 312 g/mol. The molecule has 0 bridgehead atoms. The molecule has 6 heteroatoms. The lowest BCUT2D eigenvalue weighted by Crippen LogP contribution is -2.50. The Morgan fingerprint density at radius 2 is 2.05 bits per heavy atom. The molecule has 1 unspecified atom stereocenters. The van der Waals surface area contributed by atoms with Crippen LogP contribution in [0.25, 0.3) is 0 Å². The first kappa shape index (κ1) is 16.4. The number of ether oxygens (including phenoxy) is 1. The highest BCUT2D eigenvalue weighted by molar-refractivity contribution is 7.88. The van der Waals surface area contributed by atoms with Crippen LogP contribution in [0.3, 0.4) is 0 Å². The van der Waals surface area contributed by atoms with E-state index in [4.69, 9.17) is 4.74 Å². The van der Waals surface area contributed by atoms with Gasteiger partial charge in [-0.25, -0.2) is 13.1 Å². The van der Waals surface area contributed by atoms with Crippen molar-refractivity contribution in [2.24, 2.45) is 0 Å². The summed E-state index contributed by atoms with van der Waals surface area (Å²) in [7, 11) is -3.21. The minimum Gasteiger partial charge on any atom is -0.372 e. The van der Waals surface area contributed by atoms with E-state index in [9.17, 15) is 8.42 Å². The van der Waals surface area contributed by atoms with Crippen molar-refractivity contribution in [3.05, 3.63) is 35.4 Å². The molecule has 0 radical (unpaired) electrons. The van der Waals surface area contributed by atoms with Crippen LogP contribution in [-0.2, 0) is 21.2 Å². The maximum absolute atomic E-state index is 11.3. The Balaban J connectivity index is 1.90. The minimum atomic E-state index is -3.21. The summed E-state index contributed by atoms with van der Waals surface area (Å²) in [4.78, 5) is 0. The third-order valence-electron chi connectivity index (χ3n) is 3.45. The largest absolute Gasteiger partial charge is 0.372 e. The first-order valence-corrected chi connectivity index (χ1v) is 9.05. The van der Waals surface area contributed by atoms with Crippen LogP contribution >= 0.6 is 0 Å². The molecule has 0 aromatic heterocycles. The lowest BCUT2D eigenvalue weighted by atomic mass is 9.97. The predicted molar refractivity (Wildman–Crippen MR) is 83.8 cm³/mol. The van der Waals surface area contributed by atoms with Gasteiger partial charge in [0.25, 0.3) is 0 Å². The van der Waals surface area contributed by atoms with Crippen LogP contribution in [-0.4, -0.2) is 39.9 Å². The molecule has 2 rings (SSSR count). The van der Waals surface area contributed by atoms with E-state index in [-0.39, 0.29) is 6.10 Å². The lowest BCUT2D eigenvalue weighted by Gasteiger charge is -2.29. The number of benzene rings is 1. The van der Waals surface area contributed by atoms with E-state index in [1.54, 1.807) is 0 Å². The standard InChI is InChI=1S/C15H24N2O3S/c1-15(2,17-21(3,18)19)11-16-10-14-13-7-5-4-6-12(13)8-9-20-14/h4-7,14,16-17H,8-11H2,1-3H3. The van der Waals surface area contributed by atoms with Crippen LogP contribution in [0.4, 0.5) is 0 Å². The first-order valence-electron chi connectivity index (χ1n) is 7.16. The van der Waals surface area contributed by atoms with Crippen LogP contribution in [0.15, 0.2) is 24.3 Å². The summed E-state index contributed by atoms with van der Waals surface area (Å²) >= 11 is 0. The minimum absolute atomic E-state index is 0.0315. The lowest BCUT2D eigenvalue weighted by molar-refractivity contribution is 0.0418. The molecule has 1 atom stereocenters. The van der Waals surface area contributed by atoms with Gasteiger partial charge in [0.05, 0.1) is 19.0 Å². The van der Waals surface area contributed by atoms with Gasteiger partial charge >= 0.3 is 0 Å². The molecule has 1 aliphatic rings. The molecule has 0 amide bonds. The summed E-state index contributed by atoms with van der Waals surface area (Å²) in [5.41, 5.74) is 2.04. The fourth-order valence-electron chi connectivity index (χ4n) is 2.70. The molecular formula is C15H24N2O3S. The van der Waals surface area contributed by atoms with E-state index < -0.39 is 15.6 Å². The van der Waals surface area contributed by atoms with Crippen molar-refractivity contribution in [2.75, 3.05) is 26.0 Å². The second-order valence-corrected chi connectivity index (χ2v) is 7.95. The van der Waals surface area contributed by atoms with Crippen molar-refractivity contribution in [3.8, 4) is 0 Å². The van der Waals surface area contributed by atoms with E-state index in [2.05, 4.69) is 22.2 Å². The van der Waals surface area contributed by atoms with Crippen LogP contribution in [0.5, 0.6) is 0 Å². The van der Waals surface area contributed by atoms with Crippen LogP contribution in [0, 0.1) is 0 Å². The zero-order valence-corrected chi connectivity index (χ0v) is 13.7. The zero-order valence-electron chi connectivity index (χ0n) is 12.8. The molecular weight excluding hydrogens is 288 g/mol. The van der Waals surface area contributed by atoms with Crippen molar-refractivity contribution in [3.63, 3.8) is 0 Å². The van der Waals surface area contributed by atoms with Gasteiger partial charge in [-0.1, -0.05) is 24.3 Å². The molecule has 0 fully saturated rings. The number of hydrogen-bond donors (Lipinski definition) is 2. The quantitative estimate of drug-likeness (QED) is 0.829. The van der Waals surface area contributed by atoms with Gasteiger partial charge in [-0.3, -0.25) is 0 Å². The van der Waals surface area contributed by atoms with E-state index in [1.165, 1.54) is 17.4 Å². The number of fused-ring (bicyclic) bond motifs is 1. The predicted octanol–water partition coefficient (Wildman–Crippen LogP) is 1.22. The third-order valence-corrected chi connectivity index (χ3v) is 4.37. The molecule has 0 saturated carbocycles. The van der Waals surface area contributed by atoms with Gasteiger partial charge in [-0.05, 0) is 31.4 Å². The highest BCUT2D eigenvalue weighted by atomic mass is 32.2. The Bertz CT molecular complexity index is 584. The van der Waals surface area contributed by atoms with Gasteiger partial charge in [-0.15, -0.1) is 0 Å². The maximum atomic E-state index is 11.3. The van der Waals surface area contributed by atoms with Crippen molar-refractivity contribution in [1.82, 2.24) is 10.0 Å². The Morgan fingerprint density at radius 1 is 1.33 bits per heavy atom. The van der Waals surface area contributed by atoms with Gasteiger partial charge in [0.1, 0.15) is 0 Å². The molecule has 0 spiro atoms. The van der Waals surface area contributed by atoms with E-state index in [0.29, 0.717) is 13.1 Å². The maximum Gasteiger partial charge on any atom is 0.209 e. The normalized spacial score (nSPS) is 19.3. The van der Waals surface area contributed by atoms with Gasteiger partial charge in [0, 0.05) is 18.6 Å². The topological polar surface area (TPSA) is 67.4 Å². The SMILES string of the molecule is CC(C)(CNCC1OCCc2ccccc21)NS(C)(=O)=O. The van der Waals surface area contributed by atoms with Gasteiger partial charge < -0.3 is 10.1 Å². The molecule has 5 nitrogen and oxygen atoms in total. The highest BCUT2D eigenvalue weighted by Gasteiger charge is 2.24. The van der Waals surface area contributed by atoms with Crippen LogP contribution < -0.4 is 10.0 Å². The summed E-state index contributed by atoms with van der Waals surface area (Å²) in [5.74, 6) is 0. The molecule has 1 aromatic rings. The van der Waals surface area contributed by atoms with Crippen molar-refractivity contribution in [2.45, 2.75) is 31.9 Å². The number of hydrogen-bond acceptors (Lipinski definition) is 4. The summed E-state index contributed by atoms with van der Waals surface area (Å²) in [6.45, 7) is 5.66. The summed E-state index contributed by atoms with van der Waals surface area (Å²) in [5, 5.41) is 3.31. The van der Waals surface area contributed by atoms with E-state index in [0.717, 1.165) is 13.0 Å². The molecule has 1 heterocycles. The molecule has 0 saturated heterocycles. The monoisotopic (exact) mass is 312 g/mol. The second kappa shape index (κ2) is 6.44. The van der Waals surface area contributed by atoms with Gasteiger partial charge in [-0.2, -0.15) is 0 Å².